The summed E-state index contributed by atoms with van der Waals surface area (Å²) in [5, 5.41) is 0. The molecule has 4 nitrogen and oxygen atoms in total. The monoisotopic (exact) mass is 180 g/mol. The van der Waals surface area contributed by atoms with Crippen molar-refractivity contribution in [2.75, 3.05) is 0 Å². The van der Waals surface area contributed by atoms with Crippen molar-refractivity contribution >= 4 is 0 Å². The largest absolute Gasteiger partial charge is 0.328 e. The fraction of sp³-hybridized carbons (Fsp3) is 0.556. The van der Waals surface area contributed by atoms with Crippen molar-refractivity contribution in [1.29, 1.82) is 0 Å². The number of aromatic nitrogens is 2. The molecule has 13 heavy (non-hydrogen) atoms. The molecular formula is C9H12N2O2. The van der Waals surface area contributed by atoms with Crippen LogP contribution in [-0.2, 0) is 12.0 Å². The smallest absolute Gasteiger partial charge is 0.297 e. The lowest BCUT2D eigenvalue weighted by molar-refractivity contribution is 0.521. The summed E-state index contributed by atoms with van der Waals surface area (Å²) < 4.78 is 1.64. The molecule has 0 saturated heterocycles. The van der Waals surface area contributed by atoms with Crippen molar-refractivity contribution in [3.05, 3.63) is 32.6 Å². The highest BCUT2D eigenvalue weighted by Crippen LogP contribution is 2.30. The van der Waals surface area contributed by atoms with Crippen LogP contribution in [0.15, 0.2) is 15.7 Å². The molecule has 0 spiro atoms. The summed E-state index contributed by atoms with van der Waals surface area (Å²) >= 11 is 0. The summed E-state index contributed by atoms with van der Waals surface area (Å²) in [5.74, 6) is 0. The first-order valence-electron chi connectivity index (χ1n) is 4.35. The SMILES string of the molecule is CC1(C)CCn2c1cc(=O)[nH]c2=O. The molecule has 0 saturated carbocycles. The summed E-state index contributed by atoms with van der Waals surface area (Å²) in [5.41, 5.74) is 0.216. The van der Waals surface area contributed by atoms with E-state index in [2.05, 4.69) is 4.98 Å². The highest BCUT2D eigenvalue weighted by molar-refractivity contribution is 5.17. The number of fused-ring (bicyclic) bond motifs is 1. The molecule has 4 heteroatoms. The van der Waals surface area contributed by atoms with Gasteiger partial charge in [0.05, 0.1) is 0 Å². The van der Waals surface area contributed by atoms with Crippen molar-refractivity contribution in [2.24, 2.45) is 0 Å². The Morgan fingerprint density at radius 1 is 1.46 bits per heavy atom. The van der Waals surface area contributed by atoms with Gasteiger partial charge in [-0.25, -0.2) is 4.79 Å². The van der Waals surface area contributed by atoms with Gasteiger partial charge < -0.3 is 0 Å². The van der Waals surface area contributed by atoms with Crippen LogP contribution in [0.4, 0.5) is 0 Å². The van der Waals surface area contributed by atoms with Crippen LogP contribution in [0, 0.1) is 0 Å². The molecule has 1 aromatic rings. The standard InChI is InChI=1S/C9H12N2O2/c1-9(2)3-4-11-6(9)5-7(12)10-8(11)13/h5H,3-4H2,1-2H3,(H,10,12,13). The highest BCUT2D eigenvalue weighted by atomic mass is 16.2. The Labute approximate surface area is 75.2 Å². The Bertz CT molecular complexity index is 453. The molecule has 0 atom stereocenters. The van der Waals surface area contributed by atoms with Gasteiger partial charge in [-0.2, -0.15) is 0 Å². The molecule has 0 amide bonds. The van der Waals surface area contributed by atoms with Crippen molar-refractivity contribution in [3.8, 4) is 0 Å². The van der Waals surface area contributed by atoms with E-state index < -0.39 is 0 Å². The van der Waals surface area contributed by atoms with Crippen molar-refractivity contribution in [3.63, 3.8) is 0 Å². The fourth-order valence-corrected chi connectivity index (χ4v) is 1.82. The number of nitrogens with one attached hydrogen (secondary N) is 1. The van der Waals surface area contributed by atoms with Crippen molar-refractivity contribution < 1.29 is 0 Å². The van der Waals surface area contributed by atoms with Crippen LogP contribution in [0.5, 0.6) is 0 Å². The van der Waals surface area contributed by atoms with Crippen LogP contribution in [0.1, 0.15) is 26.0 Å². The average molecular weight is 180 g/mol. The predicted octanol–water partition coefficient (Wildman–Crippen LogP) is 0.218. The summed E-state index contributed by atoms with van der Waals surface area (Å²) in [4.78, 5) is 24.7. The zero-order valence-electron chi connectivity index (χ0n) is 7.76. The third-order valence-corrected chi connectivity index (χ3v) is 2.69. The summed E-state index contributed by atoms with van der Waals surface area (Å²) in [6.07, 6.45) is 0.916. The Hall–Kier alpha value is -1.32. The molecule has 1 aliphatic heterocycles. The van der Waals surface area contributed by atoms with E-state index in [1.165, 1.54) is 6.07 Å². The first kappa shape index (κ1) is 8.29. The zero-order chi connectivity index (χ0) is 9.64. The molecule has 0 bridgehead atoms. The summed E-state index contributed by atoms with van der Waals surface area (Å²) in [7, 11) is 0. The van der Waals surface area contributed by atoms with E-state index in [4.69, 9.17) is 0 Å². The minimum absolute atomic E-state index is 0.0482. The van der Waals surface area contributed by atoms with E-state index in [0.29, 0.717) is 6.54 Å². The number of nitrogens with zero attached hydrogens (tertiary/aromatic N) is 1. The normalized spacial score (nSPS) is 18.6. The number of hydrogen-bond acceptors (Lipinski definition) is 2. The Morgan fingerprint density at radius 3 is 2.85 bits per heavy atom. The van der Waals surface area contributed by atoms with Gasteiger partial charge in [-0.3, -0.25) is 14.3 Å². The molecule has 0 fully saturated rings. The molecular weight excluding hydrogens is 168 g/mol. The van der Waals surface area contributed by atoms with E-state index >= 15 is 0 Å². The molecule has 2 heterocycles. The van der Waals surface area contributed by atoms with Gasteiger partial charge in [0.15, 0.2) is 0 Å². The highest BCUT2D eigenvalue weighted by Gasteiger charge is 2.30. The molecule has 0 aliphatic carbocycles. The van der Waals surface area contributed by atoms with Gasteiger partial charge in [-0.05, 0) is 6.42 Å². The van der Waals surface area contributed by atoms with E-state index in [0.717, 1.165) is 12.1 Å². The first-order chi connectivity index (χ1) is 6.00. The number of aromatic amines is 1. The van der Waals surface area contributed by atoms with E-state index in [1.54, 1.807) is 4.57 Å². The van der Waals surface area contributed by atoms with Crippen molar-refractivity contribution in [2.45, 2.75) is 32.2 Å². The second-order valence-electron chi connectivity index (χ2n) is 4.11. The minimum atomic E-state index is -0.300. The molecule has 0 aromatic carbocycles. The van der Waals surface area contributed by atoms with Crippen molar-refractivity contribution in [1.82, 2.24) is 9.55 Å². The molecule has 70 valence electrons. The van der Waals surface area contributed by atoms with E-state index in [1.807, 2.05) is 13.8 Å². The topological polar surface area (TPSA) is 54.9 Å². The lowest BCUT2D eigenvalue weighted by Crippen LogP contribution is -2.31. The Balaban J connectivity index is 2.79. The molecule has 0 unspecified atom stereocenters. The zero-order valence-corrected chi connectivity index (χ0v) is 7.76. The van der Waals surface area contributed by atoms with Gasteiger partial charge in [0, 0.05) is 23.7 Å². The lowest BCUT2D eigenvalue weighted by Gasteiger charge is -2.16. The molecule has 2 rings (SSSR count). The van der Waals surface area contributed by atoms with Gasteiger partial charge in [-0.15, -0.1) is 0 Å². The van der Waals surface area contributed by atoms with Gasteiger partial charge in [-0.1, -0.05) is 13.8 Å². The first-order valence-corrected chi connectivity index (χ1v) is 4.35. The maximum Gasteiger partial charge on any atom is 0.328 e. The molecule has 1 aromatic heterocycles. The van der Waals surface area contributed by atoms with Crippen LogP contribution in [0.2, 0.25) is 0 Å². The number of H-pyrrole nitrogens is 1. The minimum Gasteiger partial charge on any atom is -0.297 e. The van der Waals surface area contributed by atoms with Crippen LogP contribution in [0.25, 0.3) is 0 Å². The van der Waals surface area contributed by atoms with Gasteiger partial charge in [0.2, 0.25) is 0 Å². The summed E-state index contributed by atoms with van der Waals surface area (Å²) in [6, 6.07) is 1.52. The molecule has 0 radical (unpaired) electrons. The van der Waals surface area contributed by atoms with Crippen LogP contribution in [0.3, 0.4) is 0 Å². The quantitative estimate of drug-likeness (QED) is 0.620. The second kappa shape index (κ2) is 2.34. The third-order valence-electron chi connectivity index (χ3n) is 2.69. The van der Waals surface area contributed by atoms with E-state index in [-0.39, 0.29) is 16.7 Å². The second-order valence-corrected chi connectivity index (χ2v) is 4.11. The van der Waals surface area contributed by atoms with Gasteiger partial charge in [0.1, 0.15) is 0 Å². The van der Waals surface area contributed by atoms with Gasteiger partial charge >= 0.3 is 5.69 Å². The van der Waals surface area contributed by atoms with Crippen LogP contribution in [-0.4, -0.2) is 9.55 Å². The Kier molecular flexibility index (Phi) is 1.49. The van der Waals surface area contributed by atoms with Gasteiger partial charge in [0.25, 0.3) is 5.56 Å². The average Bonchev–Trinajstić information content (AvgIpc) is 2.28. The fourth-order valence-electron chi connectivity index (χ4n) is 1.82. The van der Waals surface area contributed by atoms with Crippen LogP contribution >= 0.6 is 0 Å². The molecule has 1 N–H and O–H groups in total. The number of rotatable bonds is 0. The Morgan fingerprint density at radius 2 is 2.15 bits per heavy atom. The maximum atomic E-state index is 11.3. The predicted molar refractivity (Wildman–Crippen MR) is 49.0 cm³/mol. The number of hydrogen-bond donors (Lipinski definition) is 1. The molecule has 1 aliphatic rings. The van der Waals surface area contributed by atoms with E-state index in [9.17, 15) is 9.59 Å². The third kappa shape index (κ3) is 1.13. The maximum absolute atomic E-state index is 11.3. The lowest BCUT2D eigenvalue weighted by atomic mass is 9.88. The summed E-state index contributed by atoms with van der Waals surface area (Å²) in [6.45, 7) is 4.80. The van der Waals surface area contributed by atoms with Crippen LogP contribution < -0.4 is 11.2 Å².